The van der Waals surface area contributed by atoms with Crippen LogP contribution < -0.4 is 5.73 Å². The van der Waals surface area contributed by atoms with Crippen molar-refractivity contribution in [1.29, 1.82) is 0 Å². The molecule has 2 N–H and O–H groups in total. The van der Waals surface area contributed by atoms with Crippen LogP contribution in [0.25, 0.3) is 0 Å². The number of rotatable bonds is 5. The molecular weight excluding hydrogens is 276 g/mol. The molecule has 100 valence electrons. The molecule has 0 atom stereocenters. The Morgan fingerprint density at radius 2 is 1.89 bits per heavy atom. The fourth-order valence-corrected chi connectivity index (χ4v) is 3.52. The Balaban J connectivity index is 3.40. The molecule has 0 spiro atoms. The molecule has 18 heavy (non-hydrogen) atoms. The summed E-state index contributed by atoms with van der Waals surface area (Å²) in [5, 5.41) is 0.0758. The van der Waals surface area contributed by atoms with Gasteiger partial charge in [0, 0.05) is 18.7 Å². The van der Waals surface area contributed by atoms with E-state index in [1.165, 1.54) is 22.5 Å². The number of hydrogen-bond acceptors (Lipinski definition) is 3. The second-order valence-corrected chi connectivity index (χ2v) is 5.91. The van der Waals surface area contributed by atoms with Crippen LogP contribution in [0.15, 0.2) is 23.1 Å². The van der Waals surface area contributed by atoms with E-state index in [-0.39, 0.29) is 15.5 Å². The fourth-order valence-electron chi connectivity index (χ4n) is 1.56. The van der Waals surface area contributed by atoms with Crippen LogP contribution in [0.3, 0.4) is 0 Å². The van der Waals surface area contributed by atoms with Crippen LogP contribution in [0, 0.1) is 0 Å². The number of halogens is 1. The Kier molecular flexibility index (Phi) is 4.72. The highest BCUT2D eigenvalue weighted by Gasteiger charge is 2.25. The van der Waals surface area contributed by atoms with Gasteiger partial charge in [0.25, 0.3) is 0 Å². The van der Waals surface area contributed by atoms with Crippen molar-refractivity contribution in [2.75, 3.05) is 13.1 Å². The van der Waals surface area contributed by atoms with E-state index in [1.807, 2.05) is 0 Å². The first kappa shape index (κ1) is 14.9. The quantitative estimate of drug-likeness (QED) is 0.891. The number of carbonyl (C=O) groups excluding carboxylic acids is 1. The number of nitrogens with zero attached hydrogens (tertiary/aromatic N) is 1. The van der Waals surface area contributed by atoms with E-state index in [2.05, 4.69) is 0 Å². The number of hydrogen-bond donors (Lipinski definition) is 1. The van der Waals surface area contributed by atoms with Gasteiger partial charge in [-0.3, -0.25) is 4.79 Å². The Morgan fingerprint density at radius 3 is 2.33 bits per heavy atom. The van der Waals surface area contributed by atoms with Crippen LogP contribution in [-0.4, -0.2) is 31.7 Å². The molecule has 0 saturated heterocycles. The van der Waals surface area contributed by atoms with Crippen molar-refractivity contribution in [3.8, 4) is 0 Å². The Morgan fingerprint density at radius 1 is 1.33 bits per heavy atom. The maximum Gasteiger partial charge on any atom is 0.248 e. The van der Waals surface area contributed by atoms with Crippen molar-refractivity contribution in [2.45, 2.75) is 18.7 Å². The van der Waals surface area contributed by atoms with Crippen LogP contribution in [0.5, 0.6) is 0 Å². The van der Waals surface area contributed by atoms with Gasteiger partial charge in [-0.2, -0.15) is 4.31 Å². The SMILES string of the molecule is CCN(CC)S(=O)(=O)c1cc(C(N)=O)ccc1Cl. The summed E-state index contributed by atoms with van der Waals surface area (Å²) in [5.41, 5.74) is 5.24. The lowest BCUT2D eigenvalue weighted by molar-refractivity contribution is 0.1000. The highest BCUT2D eigenvalue weighted by atomic mass is 35.5. The van der Waals surface area contributed by atoms with Crippen LogP contribution in [-0.2, 0) is 10.0 Å². The van der Waals surface area contributed by atoms with Crippen molar-refractivity contribution in [2.24, 2.45) is 5.73 Å². The first-order chi connectivity index (χ1) is 8.34. The highest BCUT2D eigenvalue weighted by molar-refractivity contribution is 7.89. The number of carbonyl (C=O) groups is 1. The largest absolute Gasteiger partial charge is 0.366 e. The monoisotopic (exact) mass is 290 g/mol. The van der Waals surface area contributed by atoms with Crippen molar-refractivity contribution in [3.63, 3.8) is 0 Å². The van der Waals surface area contributed by atoms with Crippen molar-refractivity contribution in [3.05, 3.63) is 28.8 Å². The van der Waals surface area contributed by atoms with Gasteiger partial charge in [-0.15, -0.1) is 0 Å². The third-order valence-corrected chi connectivity index (χ3v) is 5.07. The van der Waals surface area contributed by atoms with Crippen LogP contribution in [0.1, 0.15) is 24.2 Å². The molecule has 0 fully saturated rings. The summed E-state index contributed by atoms with van der Waals surface area (Å²) in [4.78, 5) is 11.0. The summed E-state index contributed by atoms with van der Waals surface area (Å²) in [6.45, 7) is 4.12. The average molecular weight is 291 g/mol. The van der Waals surface area contributed by atoms with E-state index in [0.717, 1.165) is 0 Å². The van der Waals surface area contributed by atoms with Gasteiger partial charge in [-0.25, -0.2) is 8.42 Å². The summed E-state index contributed by atoms with van der Waals surface area (Å²) >= 11 is 5.89. The number of nitrogens with two attached hydrogens (primary N) is 1. The first-order valence-corrected chi connectivity index (χ1v) is 7.25. The predicted molar refractivity (Wildman–Crippen MR) is 70.1 cm³/mol. The Labute approximate surface area is 112 Å². The van der Waals surface area contributed by atoms with Crippen molar-refractivity contribution >= 4 is 27.5 Å². The van der Waals surface area contributed by atoms with E-state index in [4.69, 9.17) is 17.3 Å². The number of amides is 1. The topological polar surface area (TPSA) is 80.5 Å². The maximum absolute atomic E-state index is 12.3. The van der Waals surface area contributed by atoms with Gasteiger partial charge < -0.3 is 5.73 Å². The number of benzene rings is 1. The third-order valence-electron chi connectivity index (χ3n) is 2.54. The van der Waals surface area contributed by atoms with Gasteiger partial charge in [-0.1, -0.05) is 25.4 Å². The molecule has 0 saturated carbocycles. The summed E-state index contributed by atoms with van der Waals surface area (Å²) in [6, 6.07) is 3.96. The molecule has 7 heteroatoms. The molecule has 0 heterocycles. The second kappa shape index (κ2) is 5.69. The summed E-state index contributed by atoms with van der Waals surface area (Å²) in [5.74, 6) is -0.692. The smallest absolute Gasteiger partial charge is 0.248 e. The van der Waals surface area contributed by atoms with E-state index in [1.54, 1.807) is 13.8 Å². The Hall–Kier alpha value is -1.11. The van der Waals surface area contributed by atoms with Crippen molar-refractivity contribution < 1.29 is 13.2 Å². The molecule has 0 aliphatic carbocycles. The fraction of sp³-hybridized carbons (Fsp3) is 0.364. The van der Waals surface area contributed by atoms with Crippen LogP contribution in [0.4, 0.5) is 0 Å². The average Bonchev–Trinajstić information content (AvgIpc) is 2.30. The molecule has 1 aromatic carbocycles. The molecule has 1 aromatic rings. The summed E-state index contributed by atoms with van der Waals surface area (Å²) in [7, 11) is -3.69. The molecule has 5 nitrogen and oxygen atoms in total. The lowest BCUT2D eigenvalue weighted by Gasteiger charge is -2.19. The first-order valence-electron chi connectivity index (χ1n) is 5.44. The maximum atomic E-state index is 12.3. The molecule has 0 radical (unpaired) electrons. The van der Waals surface area contributed by atoms with Gasteiger partial charge >= 0.3 is 0 Å². The van der Waals surface area contributed by atoms with E-state index < -0.39 is 15.9 Å². The normalized spacial score (nSPS) is 11.8. The van der Waals surface area contributed by atoms with E-state index >= 15 is 0 Å². The van der Waals surface area contributed by atoms with Gasteiger partial charge in [-0.05, 0) is 18.2 Å². The van der Waals surface area contributed by atoms with E-state index in [0.29, 0.717) is 13.1 Å². The molecule has 0 bridgehead atoms. The minimum Gasteiger partial charge on any atom is -0.366 e. The zero-order valence-electron chi connectivity index (χ0n) is 10.2. The summed E-state index contributed by atoms with van der Waals surface area (Å²) in [6.07, 6.45) is 0. The third kappa shape index (κ3) is 2.82. The van der Waals surface area contributed by atoms with Gasteiger partial charge in [0.15, 0.2) is 0 Å². The molecule has 0 aliphatic rings. The van der Waals surface area contributed by atoms with Gasteiger partial charge in [0.1, 0.15) is 4.90 Å². The van der Waals surface area contributed by atoms with Crippen molar-refractivity contribution in [1.82, 2.24) is 4.31 Å². The molecule has 1 rings (SSSR count). The molecule has 0 aromatic heterocycles. The standard InChI is InChI=1S/C11H15ClN2O3S/c1-3-14(4-2)18(16,17)10-7-8(11(13)15)5-6-9(10)12/h5-7H,3-4H2,1-2H3,(H2,13,15). The highest BCUT2D eigenvalue weighted by Crippen LogP contribution is 2.25. The van der Waals surface area contributed by atoms with Gasteiger partial charge in [0.2, 0.25) is 15.9 Å². The molecule has 1 amide bonds. The van der Waals surface area contributed by atoms with Crippen LogP contribution in [0.2, 0.25) is 5.02 Å². The zero-order chi connectivity index (χ0) is 13.9. The van der Waals surface area contributed by atoms with Gasteiger partial charge in [0.05, 0.1) is 5.02 Å². The molecular formula is C11H15ClN2O3S. The Bertz CT molecular complexity index is 553. The lowest BCUT2D eigenvalue weighted by Crippen LogP contribution is -2.31. The lowest BCUT2D eigenvalue weighted by atomic mass is 10.2. The molecule has 0 unspecified atom stereocenters. The number of sulfonamides is 1. The minimum atomic E-state index is -3.69. The summed E-state index contributed by atoms with van der Waals surface area (Å²) < 4.78 is 25.8. The van der Waals surface area contributed by atoms with Crippen LogP contribution >= 0.6 is 11.6 Å². The minimum absolute atomic E-state index is 0.0758. The second-order valence-electron chi connectivity index (χ2n) is 3.60. The predicted octanol–water partition coefficient (Wildman–Crippen LogP) is 1.47. The number of primary amides is 1. The zero-order valence-corrected chi connectivity index (χ0v) is 11.8. The van der Waals surface area contributed by atoms with E-state index in [9.17, 15) is 13.2 Å². The molecule has 0 aliphatic heterocycles.